The van der Waals surface area contributed by atoms with Crippen LogP contribution in [0.1, 0.15) is 21.5 Å². The first-order valence-electron chi connectivity index (χ1n) is 9.08. The third-order valence-electron chi connectivity index (χ3n) is 4.45. The van der Waals surface area contributed by atoms with E-state index in [1.165, 1.54) is 28.6 Å². The second-order valence-corrected chi connectivity index (χ2v) is 9.03. The zero-order chi connectivity index (χ0) is 21.7. The average molecular weight is 447 g/mol. The van der Waals surface area contributed by atoms with Crippen molar-refractivity contribution in [2.24, 2.45) is 0 Å². The highest BCUT2D eigenvalue weighted by molar-refractivity contribution is 7.92. The summed E-state index contributed by atoms with van der Waals surface area (Å²) in [5.74, 6) is -0.692. The number of halogens is 2. The number of nitrogens with zero attached hydrogens (tertiary/aromatic N) is 1. The minimum atomic E-state index is -3.59. The highest BCUT2D eigenvalue weighted by Gasteiger charge is 2.18. The monoisotopic (exact) mass is 446 g/mol. The number of benzene rings is 3. The van der Waals surface area contributed by atoms with E-state index in [-0.39, 0.29) is 19.0 Å². The molecule has 0 saturated heterocycles. The molecular weight excluding hydrogens is 427 g/mol. The molecule has 0 atom stereocenters. The maximum absolute atomic E-state index is 13.1. The number of hydrogen-bond donors (Lipinski definition) is 1. The molecule has 5 nitrogen and oxygen atoms in total. The fourth-order valence-corrected chi connectivity index (χ4v) is 3.94. The standard InChI is InChI=1S/C22H20ClFN2O3S/c1-30(28,29)26(15-16-6-10-19(24)11-7-16)20-12-8-17(9-13-20)22(27)25-14-18-4-2-3-5-21(18)23/h2-13H,14-15H2,1H3,(H,25,27). The van der Waals surface area contributed by atoms with Crippen molar-refractivity contribution in [1.29, 1.82) is 0 Å². The van der Waals surface area contributed by atoms with Crippen molar-refractivity contribution in [2.75, 3.05) is 10.6 Å². The Labute approximate surface area is 180 Å². The minimum absolute atomic E-state index is 0.0527. The van der Waals surface area contributed by atoms with Gasteiger partial charge >= 0.3 is 0 Å². The van der Waals surface area contributed by atoms with Gasteiger partial charge in [-0.1, -0.05) is 41.9 Å². The van der Waals surface area contributed by atoms with Crippen molar-refractivity contribution in [1.82, 2.24) is 5.32 Å². The zero-order valence-electron chi connectivity index (χ0n) is 16.2. The molecule has 0 saturated carbocycles. The largest absolute Gasteiger partial charge is 0.348 e. The number of hydrogen-bond acceptors (Lipinski definition) is 3. The maximum atomic E-state index is 13.1. The molecule has 3 aromatic carbocycles. The number of amides is 1. The summed E-state index contributed by atoms with van der Waals surface area (Å²) < 4.78 is 38.9. The van der Waals surface area contributed by atoms with Gasteiger partial charge in [0.15, 0.2) is 0 Å². The zero-order valence-corrected chi connectivity index (χ0v) is 17.8. The third kappa shape index (κ3) is 5.58. The third-order valence-corrected chi connectivity index (χ3v) is 5.96. The Morgan fingerprint density at radius 2 is 1.63 bits per heavy atom. The first kappa shape index (κ1) is 21.8. The Morgan fingerprint density at radius 1 is 1.00 bits per heavy atom. The second kappa shape index (κ2) is 9.28. The number of carbonyl (C=O) groups is 1. The van der Waals surface area contributed by atoms with E-state index in [0.717, 1.165) is 11.8 Å². The molecule has 0 fully saturated rings. The van der Waals surface area contributed by atoms with Crippen LogP contribution in [0.15, 0.2) is 72.8 Å². The smallest absolute Gasteiger partial charge is 0.251 e. The van der Waals surface area contributed by atoms with Gasteiger partial charge in [-0.15, -0.1) is 0 Å². The summed E-state index contributed by atoms with van der Waals surface area (Å²) in [5, 5.41) is 3.36. The lowest BCUT2D eigenvalue weighted by atomic mass is 10.1. The van der Waals surface area contributed by atoms with E-state index in [0.29, 0.717) is 21.8 Å². The van der Waals surface area contributed by atoms with E-state index in [9.17, 15) is 17.6 Å². The van der Waals surface area contributed by atoms with Crippen molar-refractivity contribution in [3.8, 4) is 0 Å². The summed E-state index contributed by atoms with van der Waals surface area (Å²) in [6.07, 6.45) is 1.10. The van der Waals surface area contributed by atoms with Gasteiger partial charge in [0.1, 0.15) is 5.82 Å². The number of anilines is 1. The van der Waals surface area contributed by atoms with E-state index in [4.69, 9.17) is 11.6 Å². The fraction of sp³-hybridized carbons (Fsp3) is 0.136. The Morgan fingerprint density at radius 3 is 2.23 bits per heavy atom. The molecule has 8 heteroatoms. The summed E-state index contributed by atoms with van der Waals surface area (Å²) in [6, 6.07) is 19.1. The lowest BCUT2D eigenvalue weighted by Crippen LogP contribution is -2.29. The van der Waals surface area contributed by atoms with E-state index >= 15 is 0 Å². The quantitative estimate of drug-likeness (QED) is 0.585. The summed E-state index contributed by atoms with van der Waals surface area (Å²) in [5.41, 5.74) is 2.24. The molecule has 3 aromatic rings. The molecule has 0 unspecified atom stereocenters. The topological polar surface area (TPSA) is 66.5 Å². The lowest BCUT2D eigenvalue weighted by molar-refractivity contribution is 0.0951. The van der Waals surface area contributed by atoms with Gasteiger partial charge in [-0.2, -0.15) is 0 Å². The Balaban J connectivity index is 1.73. The van der Waals surface area contributed by atoms with Crippen LogP contribution in [0, 0.1) is 5.82 Å². The van der Waals surface area contributed by atoms with Gasteiger partial charge < -0.3 is 5.32 Å². The summed E-state index contributed by atoms with van der Waals surface area (Å²) in [6.45, 7) is 0.331. The van der Waals surface area contributed by atoms with Gasteiger partial charge in [0.25, 0.3) is 5.91 Å². The number of rotatable bonds is 7. The van der Waals surface area contributed by atoms with E-state index < -0.39 is 15.8 Å². The van der Waals surface area contributed by atoms with Crippen molar-refractivity contribution in [2.45, 2.75) is 13.1 Å². The molecule has 0 heterocycles. The lowest BCUT2D eigenvalue weighted by Gasteiger charge is -2.22. The second-order valence-electron chi connectivity index (χ2n) is 6.72. The number of sulfonamides is 1. The first-order chi connectivity index (χ1) is 14.2. The van der Waals surface area contributed by atoms with Crippen LogP contribution in [-0.4, -0.2) is 20.6 Å². The molecule has 0 spiro atoms. The minimum Gasteiger partial charge on any atom is -0.348 e. The van der Waals surface area contributed by atoms with Crippen molar-refractivity contribution < 1.29 is 17.6 Å². The molecule has 0 aliphatic heterocycles. The van der Waals surface area contributed by atoms with Gasteiger partial charge in [0.05, 0.1) is 18.5 Å². The predicted octanol–water partition coefficient (Wildman–Crippen LogP) is 4.38. The summed E-state index contributed by atoms with van der Waals surface area (Å²) in [7, 11) is -3.59. The molecule has 1 amide bonds. The van der Waals surface area contributed by atoms with Crippen LogP contribution < -0.4 is 9.62 Å². The predicted molar refractivity (Wildman–Crippen MR) is 116 cm³/mol. The number of carbonyl (C=O) groups excluding carboxylic acids is 1. The Kier molecular flexibility index (Phi) is 6.74. The van der Waals surface area contributed by atoms with E-state index in [1.807, 2.05) is 18.2 Å². The Bertz CT molecular complexity index is 1130. The molecule has 0 aliphatic carbocycles. The molecule has 1 N–H and O–H groups in total. The number of nitrogens with one attached hydrogen (secondary N) is 1. The van der Waals surface area contributed by atoms with Crippen molar-refractivity contribution >= 4 is 33.2 Å². The van der Waals surface area contributed by atoms with Crippen LogP contribution in [0.5, 0.6) is 0 Å². The van der Waals surface area contributed by atoms with Gasteiger partial charge in [-0.3, -0.25) is 9.10 Å². The molecule has 0 aliphatic rings. The van der Waals surface area contributed by atoms with Crippen molar-refractivity contribution in [3.05, 3.63) is 100 Å². The Hall–Kier alpha value is -2.90. The maximum Gasteiger partial charge on any atom is 0.251 e. The summed E-state index contributed by atoms with van der Waals surface area (Å²) in [4.78, 5) is 12.4. The van der Waals surface area contributed by atoms with Crippen LogP contribution in [0.25, 0.3) is 0 Å². The van der Waals surface area contributed by atoms with Gasteiger partial charge in [-0.05, 0) is 53.6 Å². The van der Waals surface area contributed by atoms with Crippen LogP contribution in [-0.2, 0) is 23.1 Å². The van der Waals surface area contributed by atoms with Gasteiger partial charge in [-0.25, -0.2) is 12.8 Å². The van der Waals surface area contributed by atoms with Crippen LogP contribution in [0.4, 0.5) is 10.1 Å². The fourth-order valence-electron chi connectivity index (χ4n) is 2.85. The average Bonchev–Trinajstić information content (AvgIpc) is 2.72. The SMILES string of the molecule is CS(=O)(=O)N(Cc1ccc(F)cc1)c1ccc(C(=O)NCc2ccccc2Cl)cc1. The molecule has 0 aromatic heterocycles. The molecule has 0 radical (unpaired) electrons. The van der Waals surface area contributed by atoms with E-state index in [2.05, 4.69) is 5.32 Å². The highest BCUT2D eigenvalue weighted by atomic mass is 35.5. The van der Waals surface area contributed by atoms with Gasteiger partial charge in [0, 0.05) is 17.1 Å². The normalized spacial score (nSPS) is 11.2. The molecule has 156 valence electrons. The first-order valence-corrected chi connectivity index (χ1v) is 11.3. The molecule has 0 bridgehead atoms. The van der Waals surface area contributed by atoms with Gasteiger partial charge in [0.2, 0.25) is 10.0 Å². The molecule has 30 heavy (non-hydrogen) atoms. The van der Waals surface area contributed by atoms with Crippen molar-refractivity contribution in [3.63, 3.8) is 0 Å². The van der Waals surface area contributed by atoms with E-state index in [1.54, 1.807) is 30.3 Å². The van der Waals surface area contributed by atoms with Crippen LogP contribution in [0.2, 0.25) is 5.02 Å². The van der Waals surface area contributed by atoms with Crippen LogP contribution in [0.3, 0.4) is 0 Å². The molecular formula is C22H20ClFN2O3S. The highest BCUT2D eigenvalue weighted by Crippen LogP contribution is 2.22. The van der Waals surface area contributed by atoms with Crippen LogP contribution >= 0.6 is 11.6 Å². The summed E-state index contributed by atoms with van der Waals surface area (Å²) >= 11 is 6.09. The molecule has 3 rings (SSSR count).